The van der Waals surface area contributed by atoms with Gasteiger partial charge in [0.25, 0.3) is 5.91 Å². The predicted octanol–water partition coefficient (Wildman–Crippen LogP) is 3.29. The van der Waals surface area contributed by atoms with Gasteiger partial charge in [0, 0.05) is 19.0 Å². The molecule has 2 aromatic carbocycles. The summed E-state index contributed by atoms with van der Waals surface area (Å²) in [5.74, 6) is 0.565. The van der Waals surface area contributed by atoms with Gasteiger partial charge in [0.15, 0.2) is 5.69 Å². The highest BCUT2D eigenvalue weighted by molar-refractivity contribution is 5.93. The van der Waals surface area contributed by atoms with Gasteiger partial charge >= 0.3 is 0 Å². The quantitative estimate of drug-likeness (QED) is 0.571. The third-order valence-corrected chi connectivity index (χ3v) is 7.10. The standard InChI is InChI=1S/C27H31N5O4/c1-18(19-6-4-3-5-7-19)28-26(33)21-12-14-31(15-13-21)27(34)25-23-17-36-24(16-32(23)30-29-25)20-8-10-22(35-2)11-9-20/h3-11,18,21,24H,12-17H2,1-2H3,(H,28,33)/t18-,24+/m1/s1. The molecule has 9 nitrogen and oxygen atoms in total. The van der Waals surface area contributed by atoms with Crippen LogP contribution in [-0.2, 0) is 22.7 Å². The molecule has 5 rings (SSSR count). The number of benzene rings is 2. The van der Waals surface area contributed by atoms with Gasteiger partial charge in [-0.05, 0) is 43.0 Å². The Morgan fingerprint density at radius 3 is 2.50 bits per heavy atom. The first-order chi connectivity index (χ1) is 17.5. The average Bonchev–Trinajstić information content (AvgIpc) is 3.36. The summed E-state index contributed by atoms with van der Waals surface area (Å²) in [6.45, 7) is 3.77. The van der Waals surface area contributed by atoms with Gasteiger partial charge in [0.05, 0.1) is 32.0 Å². The van der Waals surface area contributed by atoms with Crippen LogP contribution in [0.25, 0.3) is 0 Å². The largest absolute Gasteiger partial charge is 0.497 e. The Hall–Kier alpha value is -3.72. The third kappa shape index (κ3) is 4.97. The molecular weight excluding hydrogens is 458 g/mol. The van der Waals surface area contributed by atoms with E-state index < -0.39 is 0 Å². The van der Waals surface area contributed by atoms with E-state index in [1.54, 1.807) is 16.7 Å². The highest BCUT2D eigenvalue weighted by Gasteiger charge is 2.33. The van der Waals surface area contributed by atoms with E-state index in [2.05, 4.69) is 15.6 Å². The van der Waals surface area contributed by atoms with Crippen LogP contribution in [0.2, 0.25) is 0 Å². The molecule has 0 unspecified atom stereocenters. The van der Waals surface area contributed by atoms with Gasteiger partial charge in [-0.2, -0.15) is 0 Å². The summed E-state index contributed by atoms with van der Waals surface area (Å²) in [5, 5.41) is 11.5. The maximum Gasteiger partial charge on any atom is 0.276 e. The molecule has 36 heavy (non-hydrogen) atoms. The van der Waals surface area contributed by atoms with Crippen LogP contribution in [0, 0.1) is 5.92 Å². The van der Waals surface area contributed by atoms with Crippen LogP contribution in [0.5, 0.6) is 5.75 Å². The number of likely N-dealkylation sites (tertiary alicyclic amines) is 1. The summed E-state index contributed by atoms with van der Waals surface area (Å²) in [7, 11) is 1.64. The highest BCUT2D eigenvalue weighted by Crippen LogP contribution is 2.29. The Kier molecular flexibility index (Phi) is 6.99. The van der Waals surface area contributed by atoms with Crippen molar-refractivity contribution in [3.63, 3.8) is 0 Å². The van der Waals surface area contributed by atoms with Gasteiger partial charge in [0.2, 0.25) is 5.91 Å². The first-order valence-electron chi connectivity index (χ1n) is 12.4. The molecule has 1 saturated heterocycles. The van der Waals surface area contributed by atoms with E-state index in [-0.39, 0.29) is 36.5 Å². The molecule has 0 spiro atoms. The molecule has 0 saturated carbocycles. The first kappa shape index (κ1) is 24.0. The van der Waals surface area contributed by atoms with Crippen molar-refractivity contribution < 1.29 is 19.1 Å². The lowest BCUT2D eigenvalue weighted by Gasteiger charge is -2.32. The van der Waals surface area contributed by atoms with Crippen LogP contribution in [0.1, 0.15) is 59.2 Å². The van der Waals surface area contributed by atoms with Gasteiger partial charge in [-0.25, -0.2) is 4.68 Å². The zero-order valence-corrected chi connectivity index (χ0v) is 20.6. The average molecular weight is 490 g/mol. The third-order valence-electron chi connectivity index (χ3n) is 7.10. The molecule has 2 atom stereocenters. The second-order valence-electron chi connectivity index (χ2n) is 9.35. The van der Waals surface area contributed by atoms with Crippen LogP contribution in [0.3, 0.4) is 0 Å². The molecule has 0 radical (unpaired) electrons. The first-order valence-corrected chi connectivity index (χ1v) is 12.4. The van der Waals surface area contributed by atoms with E-state index in [4.69, 9.17) is 9.47 Å². The predicted molar refractivity (Wildman–Crippen MR) is 132 cm³/mol. The Bertz CT molecular complexity index is 1200. The number of carbonyl (C=O) groups is 2. The molecule has 1 aromatic heterocycles. The van der Waals surface area contributed by atoms with Crippen molar-refractivity contribution in [2.24, 2.45) is 5.92 Å². The summed E-state index contributed by atoms with van der Waals surface area (Å²) in [5.41, 5.74) is 3.13. The Morgan fingerprint density at radius 1 is 1.08 bits per heavy atom. The number of methoxy groups -OCH3 is 1. The smallest absolute Gasteiger partial charge is 0.276 e. The highest BCUT2D eigenvalue weighted by atomic mass is 16.5. The molecule has 1 N–H and O–H groups in total. The van der Waals surface area contributed by atoms with Crippen molar-refractivity contribution >= 4 is 11.8 Å². The van der Waals surface area contributed by atoms with Crippen molar-refractivity contribution in [1.29, 1.82) is 0 Å². The van der Waals surface area contributed by atoms with E-state index in [0.717, 1.165) is 16.9 Å². The van der Waals surface area contributed by atoms with Gasteiger partial charge < -0.3 is 19.7 Å². The second kappa shape index (κ2) is 10.5. The number of hydrogen-bond donors (Lipinski definition) is 1. The van der Waals surface area contributed by atoms with E-state index in [1.165, 1.54) is 0 Å². The molecular formula is C27H31N5O4. The summed E-state index contributed by atoms with van der Waals surface area (Å²) in [4.78, 5) is 27.8. The number of nitrogens with one attached hydrogen (secondary N) is 1. The Morgan fingerprint density at radius 2 is 1.81 bits per heavy atom. The number of aromatic nitrogens is 3. The maximum absolute atomic E-state index is 13.2. The zero-order valence-electron chi connectivity index (χ0n) is 20.6. The number of piperidine rings is 1. The lowest BCUT2D eigenvalue weighted by molar-refractivity contribution is -0.127. The van der Waals surface area contributed by atoms with E-state index >= 15 is 0 Å². The van der Waals surface area contributed by atoms with Crippen molar-refractivity contribution in [2.45, 2.75) is 45.1 Å². The number of carbonyl (C=O) groups excluding carboxylic acids is 2. The number of rotatable bonds is 6. The maximum atomic E-state index is 13.2. The van der Waals surface area contributed by atoms with Gasteiger partial charge in [-0.1, -0.05) is 47.7 Å². The molecule has 2 amide bonds. The lowest BCUT2D eigenvalue weighted by Crippen LogP contribution is -2.43. The molecule has 2 aliphatic rings. The van der Waals surface area contributed by atoms with Gasteiger partial charge in [-0.3, -0.25) is 9.59 Å². The lowest BCUT2D eigenvalue weighted by atomic mass is 9.95. The van der Waals surface area contributed by atoms with Gasteiger partial charge in [0.1, 0.15) is 11.9 Å². The van der Waals surface area contributed by atoms with E-state index in [1.807, 2.05) is 61.5 Å². The molecule has 9 heteroatoms. The minimum Gasteiger partial charge on any atom is -0.497 e. The fourth-order valence-electron chi connectivity index (χ4n) is 4.85. The number of hydrogen-bond acceptors (Lipinski definition) is 6. The summed E-state index contributed by atoms with van der Waals surface area (Å²) >= 11 is 0. The summed E-state index contributed by atoms with van der Waals surface area (Å²) in [6.07, 6.45) is 1.08. The SMILES string of the molecule is COc1ccc([C@@H]2Cn3nnc(C(=O)N4CCC(C(=O)N[C@H](C)c5ccccc5)CC4)c3CO2)cc1. The van der Waals surface area contributed by atoms with Crippen LogP contribution in [0.15, 0.2) is 54.6 Å². The Labute approximate surface area is 210 Å². The van der Waals surface area contributed by atoms with Crippen molar-refractivity contribution in [2.75, 3.05) is 20.2 Å². The molecule has 3 aromatic rings. The normalized spacial score (nSPS) is 18.8. The van der Waals surface area contributed by atoms with Crippen molar-refractivity contribution in [3.8, 4) is 5.75 Å². The van der Waals surface area contributed by atoms with Gasteiger partial charge in [-0.15, -0.1) is 5.10 Å². The molecule has 188 valence electrons. The second-order valence-corrected chi connectivity index (χ2v) is 9.35. The molecule has 1 fully saturated rings. The van der Waals surface area contributed by atoms with Crippen molar-refractivity contribution in [3.05, 3.63) is 77.1 Å². The van der Waals surface area contributed by atoms with Crippen LogP contribution in [0.4, 0.5) is 0 Å². The topological polar surface area (TPSA) is 98.6 Å². The Balaban J connectivity index is 1.16. The number of nitrogens with zero attached hydrogens (tertiary/aromatic N) is 4. The van der Waals surface area contributed by atoms with E-state index in [0.29, 0.717) is 43.9 Å². The minimum absolute atomic E-state index is 0.0393. The summed E-state index contributed by atoms with van der Waals surface area (Å²) in [6, 6.07) is 17.6. The molecule has 3 heterocycles. The monoisotopic (exact) mass is 489 g/mol. The number of fused-ring (bicyclic) bond motifs is 1. The summed E-state index contributed by atoms with van der Waals surface area (Å²) < 4.78 is 13.0. The molecule has 2 aliphatic heterocycles. The fraction of sp³-hybridized carbons (Fsp3) is 0.407. The molecule has 0 aliphatic carbocycles. The molecule has 0 bridgehead atoms. The van der Waals surface area contributed by atoms with Crippen molar-refractivity contribution in [1.82, 2.24) is 25.2 Å². The van der Waals surface area contributed by atoms with Crippen LogP contribution < -0.4 is 10.1 Å². The minimum atomic E-state index is -0.166. The van der Waals surface area contributed by atoms with E-state index in [9.17, 15) is 9.59 Å². The fourth-order valence-corrected chi connectivity index (χ4v) is 4.85. The number of amides is 2. The number of ether oxygens (including phenoxy) is 2. The zero-order chi connectivity index (χ0) is 25.1. The van der Waals surface area contributed by atoms with Crippen LogP contribution in [-0.4, -0.2) is 51.9 Å². The van der Waals surface area contributed by atoms with Crippen LogP contribution >= 0.6 is 0 Å².